The summed E-state index contributed by atoms with van der Waals surface area (Å²) in [6.45, 7) is 1.23. The molecule has 1 aromatic heterocycles. The van der Waals surface area contributed by atoms with Gasteiger partial charge < -0.3 is 10.1 Å². The highest BCUT2D eigenvalue weighted by Gasteiger charge is 2.19. The molecule has 1 N–H and O–H groups in total. The Morgan fingerprint density at radius 1 is 1.15 bits per heavy atom. The van der Waals surface area contributed by atoms with E-state index in [2.05, 4.69) is 10.3 Å². The van der Waals surface area contributed by atoms with Gasteiger partial charge in [0.2, 0.25) is 0 Å². The number of halogens is 1. The molecule has 0 spiro atoms. The topological polar surface area (TPSA) is 34.1 Å². The Morgan fingerprint density at radius 2 is 1.95 bits per heavy atom. The number of hydrogen-bond acceptors (Lipinski definition) is 3. The van der Waals surface area contributed by atoms with Gasteiger partial charge in [0.15, 0.2) is 0 Å². The first-order chi connectivity index (χ1) is 9.79. The third-order valence-corrected chi connectivity index (χ3v) is 3.27. The van der Waals surface area contributed by atoms with Crippen LogP contribution >= 0.6 is 0 Å². The number of hydrogen-bond donors (Lipinski definition) is 1. The fraction of sp³-hybridized carbons (Fsp3) is 0.312. The molecule has 104 valence electrons. The molecule has 0 aliphatic heterocycles. The number of ether oxygens (including phenoxy) is 1. The van der Waals surface area contributed by atoms with E-state index in [-0.39, 0.29) is 5.82 Å². The van der Waals surface area contributed by atoms with Crippen LogP contribution < -0.4 is 10.1 Å². The van der Waals surface area contributed by atoms with Gasteiger partial charge in [0, 0.05) is 12.6 Å². The first-order valence-corrected chi connectivity index (χ1v) is 6.85. The predicted molar refractivity (Wildman–Crippen MR) is 74.8 cm³/mol. The zero-order valence-corrected chi connectivity index (χ0v) is 11.2. The van der Waals surface area contributed by atoms with Crippen LogP contribution in [0.1, 0.15) is 24.1 Å². The van der Waals surface area contributed by atoms with Gasteiger partial charge in [0.1, 0.15) is 18.2 Å². The molecule has 0 atom stereocenters. The number of aromatic nitrogens is 1. The van der Waals surface area contributed by atoms with E-state index in [4.69, 9.17) is 4.74 Å². The summed E-state index contributed by atoms with van der Waals surface area (Å²) in [6, 6.07) is 10.9. The molecule has 0 bridgehead atoms. The number of rotatable bonds is 6. The highest BCUT2D eigenvalue weighted by molar-refractivity contribution is 5.21. The van der Waals surface area contributed by atoms with Crippen LogP contribution in [0, 0.1) is 5.82 Å². The standard InChI is InChI=1S/C16H17FN2O/c17-13-3-1-12(2-4-13)11-20-16-8-7-15(19-10-16)9-18-14-5-6-14/h1-4,7-8,10,14,18H,5-6,9,11H2. The predicted octanol–water partition coefficient (Wildman–Crippen LogP) is 3.05. The second-order valence-corrected chi connectivity index (χ2v) is 5.06. The number of nitrogens with one attached hydrogen (secondary N) is 1. The fourth-order valence-corrected chi connectivity index (χ4v) is 1.88. The van der Waals surface area contributed by atoms with Crippen molar-refractivity contribution >= 4 is 0 Å². The SMILES string of the molecule is Fc1ccc(COc2ccc(CNC3CC3)nc2)cc1. The largest absolute Gasteiger partial charge is 0.487 e. The monoisotopic (exact) mass is 272 g/mol. The molecule has 1 aromatic carbocycles. The van der Waals surface area contributed by atoms with Crippen LogP contribution in [0.25, 0.3) is 0 Å². The van der Waals surface area contributed by atoms with Crippen molar-refractivity contribution in [3.05, 3.63) is 59.7 Å². The Bertz CT molecular complexity index is 550. The molecule has 0 saturated heterocycles. The molecular formula is C16H17FN2O. The molecule has 20 heavy (non-hydrogen) atoms. The Balaban J connectivity index is 1.50. The van der Waals surface area contributed by atoms with E-state index < -0.39 is 0 Å². The molecule has 3 nitrogen and oxygen atoms in total. The van der Waals surface area contributed by atoms with E-state index in [9.17, 15) is 4.39 Å². The number of benzene rings is 1. The minimum absolute atomic E-state index is 0.233. The first kappa shape index (κ1) is 13.1. The average Bonchev–Trinajstić information content (AvgIpc) is 3.30. The van der Waals surface area contributed by atoms with Crippen molar-refractivity contribution in [1.29, 1.82) is 0 Å². The van der Waals surface area contributed by atoms with E-state index in [0.29, 0.717) is 12.6 Å². The van der Waals surface area contributed by atoms with E-state index in [0.717, 1.165) is 23.6 Å². The lowest BCUT2D eigenvalue weighted by Gasteiger charge is -2.07. The Labute approximate surface area is 117 Å². The third-order valence-electron chi connectivity index (χ3n) is 3.27. The van der Waals surface area contributed by atoms with E-state index >= 15 is 0 Å². The maximum absolute atomic E-state index is 12.8. The van der Waals surface area contributed by atoms with Crippen molar-refractivity contribution in [3.63, 3.8) is 0 Å². The van der Waals surface area contributed by atoms with E-state index in [1.807, 2.05) is 12.1 Å². The van der Waals surface area contributed by atoms with E-state index in [1.54, 1.807) is 18.3 Å². The lowest BCUT2D eigenvalue weighted by atomic mass is 10.2. The minimum Gasteiger partial charge on any atom is -0.487 e. The molecule has 0 amide bonds. The maximum atomic E-state index is 12.8. The highest BCUT2D eigenvalue weighted by atomic mass is 19.1. The summed E-state index contributed by atoms with van der Waals surface area (Å²) in [7, 11) is 0. The van der Waals surface area contributed by atoms with Gasteiger partial charge in [0.05, 0.1) is 11.9 Å². The number of nitrogens with zero attached hydrogens (tertiary/aromatic N) is 1. The lowest BCUT2D eigenvalue weighted by Crippen LogP contribution is -2.16. The molecule has 1 aliphatic carbocycles. The van der Waals surface area contributed by atoms with Gasteiger partial charge in [-0.15, -0.1) is 0 Å². The summed E-state index contributed by atoms with van der Waals surface area (Å²) in [5.74, 6) is 0.493. The van der Waals surface area contributed by atoms with Crippen molar-refractivity contribution in [2.24, 2.45) is 0 Å². The molecule has 1 heterocycles. The average molecular weight is 272 g/mol. The minimum atomic E-state index is -0.233. The second-order valence-electron chi connectivity index (χ2n) is 5.06. The van der Waals surface area contributed by atoms with Gasteiger partial charge in [-0.3, -0.25) is 4.98 Å². The molecule has 1 fully saturated rings. The highest BCUT2D eigenvalue weighted by Crippen LogP contribution is 2.19. The van der Waals surface area contributed by atoms with Gasteiger partial charge in [-0.25, -0.2) is 4.39 Å². The fourth-order valence-electron chi connectivity index (χ4n) is 1.88. The molecule has 0 unspecified atom stereocenters. The van der Waals surface area contributed by atoms with Crippen molar-refractivity contribution < 1.29 is 9.13 Å². The molecule has 2 aromatic rings. The second kappa shape index (κ2) is 6.01. The Morgan fingerprint density at radius 3 is 2.60 bits per heavy atom. The van der Waals surface area contributed by atoms with Crippen molar-refractivity contribution in [1.82, 2.24) is 10.3 Å². The quantitative estimate of drug-likeness (QED) is 0.877. The summed E-state index contributed by atoms with van der Waals surface area (Å²) in [6.07, 6.45) is 4.28. The van der Waals surface area contributed by atoms with Gasteiger partial charge >= 0.3 is 0 Å². The molecule has 1 aliphatic rings. The van der Waals surface area contributed by atoms with Gasteiger partial charge in [-0.05, 0) is 42.7 Å². The zero-order valence-electron chi connectivity index (χ0n) is 11.2. The van der Waals surface area contributed by atoms with Crippen LogP contribution in [0.2, 0.25) is 0 Å². The van der Waals surface area contributed by atoms with Crippen LogP contribution in [0.3, 0.4) is 0 Å². The summed E-state index contributed by atoms with van der Waals surface area (Å²) < 4.78 is 18.4. The van der Waals surface area contributed by atoms with Crippen LogP contribution in [0.5, 0.6) is 5.75 Å². The molecule has 4 heteroatoms. The number of pyridine rings is 1. The molecular weight excluding hydrogens is 255 g/mol. The molecule has 1 saturated carbocycles. The van der Waals surface area contributed by atoms with Crippen molar-refractivity contribution in [2.75, 3.05) is 0 Å². The summed E-state index contributed by atoms with van der Waals surface area (Å²) >= 11 is 0. The van der Waals surface area contributed by atoms with Crippen molar-refractivity contribution in [2.45, 2.75) is 32.0 Å². The van der Waals surface area contributed by atoms with E-state index in [1.165, 1.54) is 25.0 Å². The summed E-state index contributed by atoms with van der Waals surface area (Å²) in [5, 5.41) is 3.42. The normalized spacial score (nSPS) is 14.2. The van der Waals surface area contributed by atoms with Gasteiger partial charge in [-0.2, -0.15) is 0 Å². The Kier molecular flexibility index (Phi) is 3.92. The molecule has 3 rings (SSSR count). The zero-order chi connectivity index (χ0) is 13.8. The van der Waals surface area contributed by atoms with Crippen LogP contribution in [0.4, 0.5) is 4.39 Å². The Hall–Kier alpha value is -1.94. The molecule has 0 radical (unpaired) electrons. The van der Waals surface area contributed by atoms with Crippen LogP contribution in [-0.2, 0) is 13.2 Å². The van der Waals surface area contributed by atoms with Gasteiger partial charge in [0.25, 0.3) is 0 Å². The third kappa shape index (κ3) is 3.78. The lowest BCUT2D eigenvalue weighted by molar-refractivity contribution is 0.304. The first-order valence-electron chi connectivity index (χ1n) is 6.85. The van der Waals surface area contributed by atoms with Crippen LogP contribution in [-0.4, -0.2) is 11.0 Å². The van der Waals surface area contributed by atoms with Crippen LogP contribution in [0.15, 0.2) is 42.6 Å². The summed E-state index contributed by atoms with van der Waals surface area (Å²) in [5.41, 5.74) is 1.96. The summed E-state index contributed by atoms with van der Waals surface area (Å²) in [4.78, 5) is 4.36. The maximum Gasteiger partial charge on any atom is 0.138 e. The van der Waals surface area contributed by atoms with Gasteiger partial charge in [-0.1, -0.05) is 12.1 Å². The van der Waals surface area contributed by atoms with Crippen molar-refractivity contribution in [3.8, 4) is 5.75 Å². The smallest absolute Gasteiger partial charge is 0.138 e.